The van der Waals surface area contributed by atoms with Crippen LogP contribution in [0.1, 0.15) is 30.8 Å². The third-order valence-electron chi connectivity index (χ3n) is 3.54. The van der Waals surface area contributed by atoms with Crippen LogP contribution in [0.5, 0.6) is 0 Å². The van der Waals surface area contributed by atoms with Gasteiger partial charge in [0, 0.05) is 11.8 Å². The summed E-state index contributed by atoms with van der Waals surface area (Å²) in [7, 11) is 0. The van der Waals surface area contributed by atoms with E-state index in [1.807, 2.05) is 0 Å². The molecule has 3 rings (SSSR count). The van der Waals surface area contributed by atoms with Gasteiger partial charge in [0.15, 0.2) is 0 Å². The molecule has 2 N–H and O–H groups in total. The lowest BCUT2D eigenvalue weighted by Gasteiger charge is -2.16. The zero-order valence-corrected chi connectivity index (χ0v) is 13.3. The molecule has 0 unspecified atom stereocenters. The molecule has 0 radical (unpaired) electrons. The maximum absolute atomic E-state index is 13.0. The lowest BCUT2D eigenvalue weighted by Crippen LogP contribution is -2.27. The van der Waals surface area contributed by atoms with Crippen LogP contribution in [0.3, 0.4) is 0 Å². The Morgan fingerprint density at radius 3 is 2.71 bits per heavy atom. The molecule has 2 heterocycles. The molecule has 3 aromatic rings. The summed E-state index contributed by atoms with van der Waals surface area (Å²) in [5.41, 5.74) is 5.71. The molecule has 0 saturated carbocycles. The fourth-order valence-corrected chi connectivity index (χ4v) is 2.70. The zero-order chi connectivity index (χ0) is 17.4. The molecule has 0 saturated heterocycles. The van der Waals surface area contributed by atoms with E-state index in [0.29, 0.717) is 5.52 Å². The van der Waals surface area contributed by atoms with Crippen LogP contribution in [0.2, 0.25) is 5.02 Å². The largest absolute Gasteiger partial charge is 0.322 e. The Labute approximate surface area is 140 Å². The van der Waals surface area contributed by atoms with Crippen molar-refractivity contribution in [3.63, 3.8) is 0 Å². The minimum Gasteiger partial charge on any atom is -0.322 e. The van der Waals surface area contributed by atoms with Gasteiger partial charge < -0.3 is 5.73 Å². The molecule has 0 aliphatic carbocycles. The van der Waals surface area contributed by atoms with Crippen molar-refractivity contribution in [2.24, 2.45) is 5.73 Å². The number of rotatable bonds is 3. The van der Waals surface area contributed by atoms with Gasteiger partial charge in [-0.3, -0.25) is 14.3 Å². The number of halogens is 3. The predicted molar refractivity (Wildman–Crippen MR) is 87.7 cm³/mol. The maximum atomic E-state index is 13.0. The number of nitrogens with two attached hydrogens (primary N) is 1. The molecule has 24 heavy (non-hydrogen) atoms. The van der Waals surface area contributed by atoms with Crippen LogP contribution in [0, 0.1) is 0 Å². The first-order chi connectivity index (χ1) is 11.4. The smallest absolute Gasteiger partial charge is 0.267 e. The highest BCUT2D eigenvalue weighted by Gasteiger charge is 2.18. The van der Waals surface area contributed by atoms with Gasteiger partial charge in [-0.05, 0) is 25.1 Å². The Morgan fingerprint density at radius 1 is 1.29 bits per heavy atom. The van der Waals surface area contributed by atoms with Crippen molar-refractivity contribution >= 4 is 22.5 Å². The van der Waals surface area contributed by atoms with Crippen LogP contribution >= 0.6 is 11.6 Å². The second-order valence-corrected chi connectivity index (χ2v) is 5.72. The summed E-state index contributed by atoms with van der Waals surface area (Å²) in [5.74, 6) is 0.239. The van der Waals surface area contributed by atoms with Gasteiger partial charge >= 0.3 is 0 Å². The number of aromatic nitrogens is 3. The topological polar surface area (TPSA) is 73.8 Å². The van der Waals surface area contributed by atoms with Crippen LogP contribution in [0.25, 0.3) is 16.6 Å². The first-order valence-electron chi connectivity index (χ1n) is 7.10. The fraction of sp³-hybridized carbons (Fsp3) is 0.188. The van der Waals surface area contributed by atoms with E-state index >= 15 is 0 Å². The number of benzene rings is 1. The van der Waals surface area contributed by atoms with Crippen molar-refractivity contribution < 1.29 is 8.78 Å². The Morgan fingerprint density at radius 2 is 2.04 bits per heavy atom. The van der Waals surface area contributed by atoms with E-state index in [0.717, 1.165) is 6.20 Å². The molecule has 0 fully saturated rings. The van der Waals surface area contributed by atoms with Crippen molar-refractivity contribution in [3.8, 4) is 5.69 Å². The van der Waals surface area contributed by atoms with Gasteiger partial charge in [-0.2, -0.15) is 0 Å². The maximum Gasteiger partial charge on any atom is 0.267 e. The van der Waals surface area contributed by atoms with E-state index in [1.165, 1.54) is 16.8 Å². The first-order valence-corrected chi connectivity index (χ1v) is 7.48. The third-order valence-corrected chi connectivity index (χ3v) is 3.85. The molecule has 0 amide bonds. The average molecular weight is 351 g/mol. The second kappa shape index (κ2) is 6.26. The highest BCUT2D eigenvalue weighted by Crippen LogP contribution is 2.24. The second-order valence-electron chi connectivity index (χ2n) is 5.31. The Kier molecular flexibility index (Phi) is 4.29. The molecule has 0 bridgehead atoms. The van der Waals surface area contributed by atoms with E-state index in [2.05, 4.69) is 9.97 Å². The molecule has 124 valence electrons. The van der Waals surface area contributed by atoms with Crippen LogP contribution in [-0.2, 0) is 0 Å². The highest BCUT2D eigenvalue weighted by atomic mass is 35.5. The van der Waals surface area contributed by atoms with E-state index in [1.54, 1.807) is 25.1 Å². The standard InChI is InChI=1S/C16H13ClF2N4O/c1-8(20)15-22-12-4-2-3-11(17)13(12)16(24)23(15)10-5-9(14(18)19)6-21-7-10/h2-8,14H,20H2,1H3/t8-/m0/s1. The predicted octanol–water partition coefficient (Wildman–Crippen LogP) is 3.39. The van der Waals surface area contributed by atoms with Crippen LogP contribution < -0.4 is 11.3 Å². The van der Waals surface area contributed by atoms with Crippen LogP contribution in [0.4, 0.5) is 8.78 Å². The van der Waals surface area contributed by atoms with Crippen molar-refractivity contribution in [2.45, 2.75) is 19.4 Å². The lowest BCUT2D eigenvalue weighted by atomic mass is 10.2. The quantitative estimate of drug-likeness (QED) is 0.785. The molecule has 8 heteroatoms. The lowest BCUT2D eigenvalue weighted by molar-refractivity contribution is 0.151. The summed E-state index contributed by atoms with van der Waals surface area (Å²) in [6, 6.07) is 5.47. The number of fused-ring (bicyclic) bond motifs is 1. The number of pyridine rings is 1. The minimum atomic E-state index is -2.70. The van der Waals surface area contributed by atoms with Crippen LogP contribution in [0.15, 0.2) is 41.5 Å². The summed E-state index contributed by atoms with van der Waals surface area (Å²) in [6.45, 7) is 1.65. The molecule has 0 aliphatic rings. The molecular weight excluding hydrogens is 338 g/mol. The van der Waals surface area contributed by atoms with Crippen molar-refractivity contribution in [1.82, 2.24) is 14.5 Å². The molecular formula is C16H13ClF2N4O. The summed E-state index contributed by atoms with van der Waals surface area (Å²) in [5, 5.41) is 0.430. The van der Waals surface area contributed by atoms with Gasteiger partial charge in [0.1, 0.15) is 5.82 Å². The van der Waals surface area contributed by atoms with E-state index in [4.69, 9.17) is 17.3 Å². The molecule has 0 spiro atoms. The van der Waals surface area contributed by atoms with Gasteiger partial charge in [-0.15, -0.1) is 0 Å². The Hall–Kier alpha value is -2.38. The van der Waals surface area contributed by atoms with E-state index in [-0.39, 0.29) is 27.5 Å². The summed E-state index contributed by atoms with van der Waals surface area (Å²) in [6.07, 6.45) is -0.348. The minimum absolute atomic E-state index is 0.166. The highest BCUT2D eigenvalue weighted by molar-refractivity contribution is 6.35. The summed E-state index contributed by atoms with van der Waals surface area (Å²) < 4.78 is 27.1. The third kappa shape index (κ3) is 2.76. The van der Waals surface area contributed by atoms with Gasteiger partial charge in [0.25, 0.3) is 12.0 Å². The number of nitrogens with zero attached hydrogens (tertiary/aromatic N) is 3. The van der Waals surface area contributed by atoms with Gasteiger partial charge in [-0.1, -0.05) is 17.7 Å². The first kappa shape index (κ1) is 16.5. The SMILES string of the molecule is C[C@H](N)c1nc2cccc(Cl)c2c(=O)n1-c1cncc(C(F)F)c1. The zero-order valence-electron chi connectivity index (χ0n) is 12.6. The normalized spacial score (nSPS) is 12.8. The van der Waals surface area contributed by atoms with Gasteiger partial charge in [-0.25, -0.2) is 13.8 Å². The average Bonchev–Trinajstić information content (AvgIpc) is 2.54. The van der Waals surface area contributed by atoms with Crippen molar-refractivity contribution in [1.29, 1.82) is 0 Å². The fourth-order valence-electron chi connectivity index (χ4n) is 2.45. The number of hydrogen-bond donors (Lipinski definition) is 1. The monoisotopic (exact) mass is 350 g/mol. The van der Waals surface area contributed by atoms with Crippen molar-refractivity contribution in [2.75, 3.05) is 0 Å². The number of alkyl halides is 2. The molecule has 1 atom stereocenters. The molecule has 1 aromatic carbocycles. The van der Waals surface area contributed by atoms with Crippen LogP contribution in [-0.4, -0.2) is 14.5 Å². The number of hydrogen-bond acceptors (Lipinski definition) is 4. The summed E-state index contributed by atoms with van der Waals surface area (Å²) >= 11 is 6.12. The van der Waals surface area contributed by atoms with E-state index < -0.39 is 18.0 Å². The van der Waals surface area contributed by atoms with Gasteiger partial charge in [0.05, 0.1) is 33.9 Å². The molecule has 5 nitrogen and oxygen atoms in total. The Bertz CT molecular complexity index is 972. The molecule has 0 aliphatic heterocycles. The summed E-state index contributed by atoms with van der Waals surface area (Å²) in [4.78, 5) is 21.1. The van der Waals surface area contributed by atoms with E-state index in [9.17, 15) is 13.6 Å². The molecule has 2 aromatic heterocycles. The Balaban J connectivity index is 2.40. The van der Waals surface area contributed by atoms with Crippen molar-refractivity contribution in [3.05, 3.63) is 63.4 Å². The van der Waals surface area contributed by atoms with Gasteiger partial charge in [0.2, 0.25) is 0 Å².